The second-order valence-corrected chi connectivity index (χ2v) is 5.28. The van der Waals surface area contributed by atoms with E-state index in [1.165, 1.54) is 20.2 Å². The number of aryl methyl sites for hydroxylation is 1. The Morgan fingerprint density at radius 1 is 1.28 bits per heavy atom. The van der Waals surface area contributed by atoms with E-state index < -0.39 is 28.9 Å². The number of aliphatic imine (C=N–C) groups is 1. The van der Waals surface area contributed by atoms with E-state index in [2.05, 4.69) is 28.4 Å². The Hall–Kier alpha value is -3.43. The second-order valence-electron chi connectivity index (χ2n) is 5.28. The minimum Gasteiger partial charge on any atom is -0.287 e. The SMILES string of the molecule is C=CC(=NC(=C)C)n1c(=O)c(C2C=NN(C)C(=O)C2=O)nn(C)c1=O. The van der Waals surface area contributed by atoms with Gasteiger partial charge in [0.15, 0.2) is 0 Å². The summed E-state index contributed by atoms with van der Waals surface area (Å²) in [5, 5.41) is 8.45. The molecule has 0 N–H and O–H groups in total. The molecule has 10 nitrogen and oxygen atoms in total. The van der Waals surface area contributed by atoms with Crippen LogP contribution in [-0.4, -0.2) is 50.1 Å². The molecule has 1 atom stereocenters. The lowest BCUT2D eigenvalue weighted by atomic mass is 10.00. The van der Waals surface area contributed by atoms with Gasteiger partial charge in [-0.1, -0.05) is 13.2 Å². The van der Waals surface area contributed by atoms with Crippen molar-refractivity contribution in [3.05, 3.63) is 51.5 Å². The number of likely N-dealkylation sites (N-methyl/N-ethyl adjacent to an activating group) is 1. The van der Waals surface area contributed by atoms with E-state index >= 15 is 0 Å². The summed E-state index contributed by atoms with van der Waals surface area (Å²) in [6.45, 7) is 8.70. The highest BCUT2D eigenvalue weighted by atomic mass is 16.2. The minimum atomic E-state index is -1.29. The summed E-state index contributed by atoms with van der Waals surface area (Å²) in [6.07, 6.45) is 2.34. The molecule has 0 radical (unpaired) electrons. The summed E-state index contributed by atoms with van der Waals surface area (Å²) in [5.74, 6) is -3.10. The van der Waals surface area contributed by atoms with E-state index in [0.29, 0.717) is 10.3 Å². The van der Waals surface area contributed by atoms with Crippen molar-refractivity contribution in [3.8, 4) is 0 Å². The maximum Gasteiger partial charge on any atom is 0.353 e. The number of rotatable bonds is 3. The molecule has 2 heterocycles. The predicted octanol–water partition coefficient (Wildman–Crippen LogP) is -0.981. The third-order valence-electron chi connectivity index (χ3n) is 3.34. The third-order valence-corrected chi connectivity index (χ3v) is 3.34. The molecule has 0 fully saturated rings. The fraction of sp³-hybridized carbons (Fsp3) is 0.267. The molecular weight excluding hydrogens is 328 g/mol. The number of carbonyl (C=O) groups is 2. The summed E-state index contributed by atoms with van der Waals surface area (Å²) in [4.78, 5) is 53.0. The van der Waals surface area contributed by atoms with Gasteiger partial charge in [-0.05, 0) is 13.0 Å². The van der Waals surface area contributed by atoms with E-state index in [-0.39, 0.29) is 11.5 Å². The fourth-order valence-corrected chi connectivity index (χ4v) is 2.15. The molecule has 0 saturated heterocycles. The molecule has 1 amide bonds. The number of aromatic nitrogens is 3. The lowest BCUT2D eigenvalue weighted by molar-refractivity contribution is -0.144. The minimum absolute atomic E-state index is 0.0645. The number of allylic oxidation sites excluding steroid dienone is 2. The van der Waals surface area contributed by atoms with E-state index in [9.17, 15) is 19.2 Å². The summed E-state index contributed by atoms with van der Waals surface area (Å²) in [5.41, 5.74) is -1.63. The van der Waals surface area contributed by atoms with Crippen LogP contribution < -0.4 is 11.2 Å². The first-order chi connectivity index (χ1) is 11.7. The molecule has 0 bridgehead atoms. The standard InChI is InChI=1S/C15H16N6O4/c1-6-10(17-8(2)3)21-13(23)11(18-20(5)15(21)25)9-7-16-19(4)14(24)12(9)22/h6-7,9H,1-2H2,3-5H3. The lowest BCUT2D eigenvalue weighted by Gasteiger charge is -2.19. The number of nitrogens with zero attached hydrogens (tertiary/aromatic N) is 6. The molecule has 0 saturated carbocycles. The number of hydrogen-bond donors (Lipinski definition) is 0. The van der Waals surface area contributed by atoms with Gasteiger partial charge in [-0.2, -0.15) is 10.2 Å². The number of hydrazone groups is 1. The van der Waals surface area contributed by atoms with Crippen molar-refractivity contribution in [1.82, 2.24) is 19.4 Å². The number of amides is 1. The quantitative estimate of drug-likeness (QED) is 0.396. The Kier molecular flexibility index (Phi) is 4.72. The first-order valence-corrected chi connectivity index (χ1v) is 7.12. The Labute approximate surface area is 142 Å². The Morgan fingerprint density at radius 2 is 1.92 bits per heavy atom. The van der Waals surface area contributed by atoms with Crippen molar-refractivity contribution in [3.63, 3.8) is 0 Å². The van der Waals surface area contributed by atoms with Crippen molar-refractivity contribution in [2.24, 2.45) is 17.1 Å². The van der Waals surface area contributed by atoms with Gasteiger partial charge in [-0.15, -0.1) is 0 Å². The van der Waals surface area contributed by atoms with Crippen LogP contribution in [-0.2, 0) is 16.6 Å². The number of Topliss-reactive ketones (excluding diaryl/α,β-unsaturated/α-hetero) is 1. The van der Waals surface area contributed by atoms with Gasteiger partial charge in [-0.3, -0.25) is 14.4 Å². The number of ketones is 1. The van der Waals surface area contributed by atoms with Gasteiger partial charge in [-0.25, -0.2) is 24.0 Å². The topological polar surface area (TPSA) is 119 Å². The van der Waals surface area contributed by atoms with Crippen LogP contribution in [0.5, 0.6) is 0 Å². The Balaban J connectivity index is 2.78. The molecule has 0 aliphatic carbocycles. The van der Waals surface area contributed by atoms with Crippen molar-refractivity contribution in [2.45, 2.75) is 12.8 Å². The Bertz CT molecular complexity index is 965. The lowest BCUT2D eigenvalue weighted by Crippen LogP contribution is -2.48. The summed E-state index contributed by atoms with van der Waals surface area (Å²) < 4.78 is 1.59. The molecular formula is C15H16N6O4. The molecule has 130 valence electrons. The second kappa shape index (κ2) is 6.59. The molecule has 1 aromatic rings. The van der Waals surface area contributed by atoms with Gasteiger partial charge in [0.05, 0.1) is 0 Å². The van der Waals surface area contributed by atoms with Gasteiger partial charge >= 0.3 is 11.6 Å². The molecule has 2 rings (SSSR count). The van der Waals surface area contributed by atoms with Crippen molar-refractivity contribution in [1.29, 1.82) is 0 Å². The highest BCUT2D eigenvalue weighted by molar-refractivity contribution is 6.42. The summed E-state index contributed by atoms with van der Waals surface area (Å²) in [6, 6.07) is 0. The maximum absolute atomic E-state index is 12.7. The van der Waals surface area contributed by atoms with Gasteiger partial charge in [0.25, 0.3) is 5.56 Å². The zero-order valence-electron chi connectivity index (χ0n) is 14.0. The van der Waals surface area contributed by atoms with Gasteiger partial charge < -0.3 is 0 Å². The zero-order chi connectivity index (χ0) is 18.9. The highest BCUT2D eigenvalue weighted by Gasteiger charge is 2.35. The van der Waals surface area contributed by atoms with Crippen LogP contribution in [0.15, 0.2) is 44.6 Å². The molecule has 1 unspecified atom stereocenters. The number of carbonyl (C=O) groups excluding carboxylic acids is 2. The van der Waals surface area contributed by atoms with E-state index in [4.69, 9.17) is 0 Å². The van der Waals surface area contributed by atoms with Crippen molar-refractivity contribution < 1.29 is 9.59 Å². The normalized spacial score (nSPS) is 17.8. The van der Waals surface area contributed by atoms with Crippen LogP contribution in [0.2, 0.25) is 0 Å². The molecule has 0 aromatic carbocycles. The first kappa shape index (κ1) is 17.9. The van der Waals surface area contributed by atoms with Crippen LogP contribution in [0.3, 0.4) is 0 Å². The average Bonchev–Trinajstić information content (AvgIpc) is 2.55. The first-order valence-electron chi connectivity index (χ1n) is 7.12. The van der Waals surface area contributed by atoms with Gasteiger partial charge in [0.1, 0.15) is 17.4 Å². The predicted molar refractivity (Wildman–Crippen MR) is 90.6 cm³/mol. The molecule has 25 heavy (non-hydrogen) atoms. The summed E-state index contributed by atoms with van der Waals surface area (Å²) in [7, 11) is 2.62. The van der Waals surface area contributed by atoms with E-state index in [1.54, 1.807) is 6.92 Å². The summed E-state index contributed by atoms with van der Waals surface area (Å²) >= 11 is 0. The van der Waals surface area contributed by atoms with Crippen LogP contribution >= 0.6 is 0 Å². The number of hydrogen-bond acceptors (Lipinski definition) is 7. The average molecular weight is 344 g/mol. The van der Waals surface area contributed by atoms with Crippen LogP contribution in [0.1, 0.15) is 18.5 Å². The smallest absolute Gasteiger partial charge is 0.287 e. The van der Waals surface area contributed by atoms with Crippen molar-refractivity contribution >= 4 is 23.7 Å². The van der Waals surface area contributed by atoms with Crippen LogP contribution in [0.25, 0.3) is 0 Å². The van der Waals surface area contributed by atoms with Gasteiger partial charge in [0, 0.05) is 26.0 Å². The monoisotopic (exact) mass is 344 g/mol. The molecule has 1 aliphatic heterocycles. The molecule has 10 heteroatoms. The van der Waals surface area contributed by atoms with E-state index in [0.717, 1.165) is 15.9 Å². The third kappa shape index (κ3) is 3.13. The largest absolute Gasteiger partial charge is 0.353 e. The van der Waals surface area contributed by atoms with Crippen molar-refractivity contribution in [2.75, 3.05) is 7.05 Å². The van der Waals surface area contributed by atoms with Crippen LogP contribution in [0, 0.1) is 0 Å². The molecule has 0 spiro atoms. The van der Waals surface area contributed by atoms with E-state index in [1.807, 2.05) is 0 Å². The maximum atomic E-state index is 12.7. The van der Waals surface area contributed by atoms with Crippen LogP contribution in [0.4, 0.5) is 0 Å². The zero-order valence-corrected chi connectivity index (χ0v) is 14.0. The highest BCUT2D eigenvalue weighted by Crippen LogP contribution is 2.14. The fourth-order valence-electron chi connectivity index (χ4n) is 2.15. The molecule has 1 aliphatic rings. The molecule has 1 aromatic heterocycles. The Morgan fingerprint density at radius 3 is 2.48 bits per heavy atom. The van der Waals surface area contributed by atoms with Gasteiger partial charge in [0.2, 0.25) is 5.78 Å².